The summed E-state index contributed by atoms with van der Waals surface area (Å²) in [5, 5.41) is 10.2. The Balaban J connectivity index is 1.54. The molecule has 0 unspecified atom stereocenters. The number of halogens is 1. The van der Waals surface area contributed by atoms with Crippen LogP contribution < -0.4 is 5.32 Å². The molecule has 1 aromatic carbocycles. The second-order valence-electron chi connectivity index (χ2n) is 6.83. The van der Waals surface area contributed by atoms with Crippen LogP contribution in [0.3, 0.4) is 0 Å². The van der Waals surface area contributed by atoms with E-state index in [1.165, 1.54) is 23.5 Å². The van der Waals surface area contributed by atoms with Crippen molar-refractivity contribution < 1.29 is 9.18 Å². The van der Waals surface area contributed by atoms with Gasteiger partial charge in [0, 0.05) is 36.3 Å². The van der Waals surface area contributed by atoms with Gasteiger partial charge in [0.2, 0.25) is 0 Å². The number of benzene rings is 1. The molecule has 1 aliphatic heterocycles. The summed E-state index contributed by atoms with van der Waals surface area (Å²) < 4.78 is 14.8. The molecule has 1 saturated heterocycles. The fourth-order valence-electron chi connectivity index (χ4n) is 3.42. The molecule has 4 rings (SSSR count). The maximum Gasteiger partial charge on any atom is 0.273 e. The Hall–Kier alpha value is -2.58. The van der Waals surface area contributed by atoms with Crippen LogP contribution in [0, 0.1) is 5.82 Å². The van der Waals surface area contributed by atoms with E-state index in [4.69, 9.17) is 0 Å². The van der Waals surface area contributed by atoms with Crippen LogP contribution in [0.2, 0.25) is 0 Å². The molecule has 28 heavy (non-hydrogen) atoms. The molecule has 8 heteroatoms. The third-order valence-corrected chi connectivity index (χ3v) is 5.74. The second kappa shape index (κ2) is 8.20. The first-order chi connectivity index (χ1) is 13.7. The van der Waals surface area contributed by atoms with Gasteiger partial charge in [0.1, 0.15) is 16.5 Å². The average molecular weight is 399 g/mol. The Morgan fingerprint density at radius 1 is 1.39 bits per heavy atom. The molecular weight excluding hydrogens is 377 g/mol. The Bertz CT molecular complexity index is 946. The monoisotopic (exact) mass is 399 g/mol. The van der Waals surface area contributed by atoms with Crippen LogP contribution in [-0.2, 0) is 0 Å². The topological polar surface area (TPSA) is 63.1 Å². The maximum atomic E-state index is 13.1. The number of rotatable bonds is 6. The van der Waals surface area contributed by atoms with Crippen LogP contribution in [0.25, 0.3) is 16.3 Å². The molecule has 6 nitrogen and oxygen atoms in total. The van der Waals surface area contributed by atoms with Crippen LogP contribution in [0.5, 0.6) is 0 Å². The predicted octanol–water partition coefficient (Wildman–Crippen LogP) is 3.35. The molecule has 1 N–H and O–H groups in total. The molecule has 0 saturated carbocycles. The van der Waals surface area contributed by atoms with E-state index < -0.39 is 0 Å². The van der Waals surface area contributed by atoms with Crippen molar-refractivity contribution in [1.82, 2.24) is 25.0 Å². The maximum absolute atomic E-state index is 13.1. The number of carbonyl (C=O) groups is 1. The molecule has 0 bridgehead atoms. The Kier molecular flexibility index (Phi) is 5.50. The van der Waals surface area contributed by atoms with E-state index in [-0.39, 0.29) is 17.8 Å². The van der Waals surface area contributed by atoms with Crippen molar-refractivity contribution in [1.29, 1.82) is 0 Å². The van der Waals surface area contributed by atoms with Gasteiger partial charge in [0.25, 0.3) is 5.91 Å². The summed E-state index contributed by atoms with van der Waals surface area (Å²) in [4.78, 5) is 19.5. The normalized spacial score (nSPS) is 16.4. The first-order valence-electron chi connectivity index (χ1n) is 9.44. The van der Waals surface area contributed by atoms with Crippen molar-refractivity contribution in [2.45, 2.75) is 25.8 Å². The predicted molar refractivity (Wildman–Crippen MR) is 107 cm³/mol. The van der Waals surface area contributed by atoms with Gasteiger partial charge in [-0.05, 0) is 43.7 Å². The second-order valence-corrected chi connectivity index (χ2v) is 7.69. The summed E-state index contributed by atoms with van der Waals surface area (Å²) >= 11 is 1.43. The highest BCUT2D eigenvalue weighted by Gasteiger charge is 2.28. The number of hydrogen-bond donors (Lipinski definition) is 1. The molecule has 1 aliphatic rings. The van der Waals surface area contributed by atoms with E-state index >= 15 is 0 Å². The average Bonchev–Trinajstić information content (AvgIpc) is 3.47. The van der Waals surface area contributed by atoms with Gasteiger partial charge >= 0.3 is 0 Å². The van der Waals surface area contributed by atoms with E-state index in [1.807, 2.05) is 16.5 Å². The van der Waals surface area contributed by atoms with Crippen LogP contribution in [0.15, 0.2) is 42.0 Å². The number of hydrogen-bond acceptors (Lipinski definition) is 5. The Morgan fingerprint density at radius 2 is 2.21 bits per heavy atom. The van der Waals surface area contributed by atoms with Crippen molar-refractivity contribution in [3.05, 3.63) is 53.6 Å². The standard InChI is InChI=1S/C20H22FN5OS/c1-2-9-25(17-7-8-22-11-17)20(27)18-13-28-19(24-18)14-10-23-26(12-14)16-5-3-15(21)4-6-16/h3-6,10,12-13,17,22H,2,7-9,11H2,1H3/t17-/m1/s1. The lowest BCUT2D eigenvalue weighted by atomic mass is 10.2. The smallest absolute Gasteiger partial charge is 0.273 e. The number of nitrogens with one attached hydrogen (secondary N) is 1. The number of nitrogens with zero attached hydrogens (tertiary/aromatic N) is 4. The quantitative estimate of drug-likeness (QED) is 0.691. The van der Waals surface area contributed by atoms with E-state index in [9.17, 15) is 9.18 Å². The zero-order valence-electron chi connectivity index (χ0n) is 15.6. The minimum atomic E-state index is -0.284. The third-order valence-electron chi connectivity index (χ3n) is 4.84. The highest BCUT2D eigenvalue weighted by atomic mass is 32.1. The van der Waals surface area contributed by atoms with Crippen molar-refractivity contribution in [2.75, 3.05) is 19.6 Å². The SMILES string of the molecule is CCCN(C(=O)c1csc(-c2cnn(-c3ccc(F)cc3)c2)n1)[C@@H]1CCNC1. The Labute approximate surface area is 167 Å². The van der Waals surface area contributed by atoms with E-state index in [0.717, 1.165) is 48.7 Å². The van der Waals surface area contributed by atoms with Gasteiger partial charge in [-0.2, -0.15) is 5.10 Å². The van der Waals surface area contributed by atoms with Crippen LogP contribution in [0.4, 0.5) is 4.39 Å². The van der Waals surface area contributed by atoms with Crippen molar-refractivity contribution >= 4 is 17.2 Å². The molecular formula is C20H22FN5OS. The molecule has 146 valence electrons. The fourth-order valence-corrected chi connectivity index (χ4v) is 4.19. The van der Waals surface area contributed by atoms with Gasteiger partial charge in [-0.3, -0.25) is 4.79 Å². The van der Waals surface area contributed by atoms with Crippen molar-refractivity contribution in [3.63, 3.8) is 0 Å². The van der Waals surface area contributed by atoms with Crippen molar-refractivity contribution in [3.8, 4) is 16.3 Å². The molecule has 0 aliphatic carbocycles. The highest BCUT2D eigenvalue weighted by Crippen LogP contribution is 2.25. The molecule has 2 aromatic heterocycles. The summed E-state index contributed by atoms with van der Waals surface area (Å²) in [7, 11) is 0. The number of amides is 1. The summed E-state index contributed by atoms with van der Waals surface area (Å²) in [5.74, 6) is -0.294. The summed E-state index contributed by atoms with van der Waals surface area (Å²) in [6.45, 7) is 4.61. The van der Waals surface area contributed by atoms with Crippen LogP contribution in [-0.4, -0.2) is 51.2 Å². The first kappa shape index (κ1) is 18.8. The number of aromatic nitrogens is 3. The summed E-state index contributed by atoms with van der Waals surface area (Å²) in [6, 6.07) is 6.37. The molecule has 1 fully saturated rings. The van der Waals surface area contributed by atoms with Gasteiger partial charge in [0.15, 0.2) is 0 Å². The van der Waals surface area contributed by atoms with E-state index in [0.29, 0.717) is 5.69 Å². The Morgan fingerprint density at radius 3 is 2.93 bits per heavy atom. The number of thiazole rings is 1. The van der Waals surface area contributed by atoms with Gasteiger partial charge < -0.3 is 10.2 Å². The van der Waals surface area contributed by atoms with Crippen LogP contribution in [0.1, 0.15) is 30.3 Å². The lowest BCUT2D eigenvalue weighted by Gasteiger charge is -2.27. The lowest BCUT2D eigenvalue weighted by molar-refractivity contribution is 0.0687. The van der Waals surface area contributed by atoms with E-state index in [2.05, 4.69) is 22.3 Å². The van der Waals surface area contributed by atoms with Gasteiger partial charge in [-0.25, -0.2) is 14.1 Å². The largest absolute Gasteiger partial charge is 0.333 e. The first-order valence-corrected chi connectivity index (χ1v) is 10.3. The fraction of sp³-hybridized carbons (Fsp3) is 0.350. The van der Waals surface area contributed by atoms with Gasteiger partial charge in [0.05, 0.1) is 11.9 Å². The lowest BCUT2D eigenvalue weighted by Crippen LogP contribution is -2.42. The summed E-state index contributed by atoms with van der Waals surface area (Å²) in [5.41, 5.74) is 2.08. The minimum absolute atomic E-state index is 0.0102. The molecule has 3 aromatic rings. The van der Waals surface area contributed by atoms with E-state index in [1.54, 1.807) is 23.0 Å². The highest BCUT2D eigenvalue weighted by molar-refractivity contribution is 7.13. The minimum Gasteiger partial charge on any atom is -0.333 e. The third kappa shape index (κ3) is 3.83. The molecule has 1 atom stereocenters. The molecule has 0 spiro atoms. The van der Waals surface area contributed by atoms with Crippen molar-refractivity contribution in [2.24, 2.45) is 0 Å². The zero-order chi connectivity index (χ0) is 19.5. The van der Waals surface area contributed by atoms with Gasteiger partial charge in [-0.1, -0.05) is 6.92 Å². The van der Waals surface area contributed by atoms with Crippen LogP contribution >= 0.6 is 11.3 Å². The zero-order valence-corrected chi connectivity index (χ0v) is 16.5. The molecule has 1 amide bonds. The summed E-state index contributed by atoms with van der Waals surface area (Å²) in [6.07, 6.45) is 5.45. The number of carbonyl (C=O) groups excluding carboxylic acids is 1. The molecule has 3 heterocycles. The molecule has 0 radical (unpaired) electrons. The van der Waals surface area contributed by atoms with Gasteiger partial charge in [-0.15, -0.1) is 11.3 Å².